The number of thiophene rings is 1. The van der Waals surface area contributed by atoms with Gasteiger partial charge in [0, 0.05) is 34.9 Å². The third kappa shape index (κ3) is 3.13. The van der Waals surface area contributed by atoms with E-state index in [-0.39, 0.29) is 11.8 Å². The number of fused-ring (bicyclic) bond motifs is 1. The number of carbonyl (C=O) groups is 1. The monoisotopic (exact) mass is 401 g/mol. The third-order valence-electron chi connectivity index (χ3n) is 5.07. The Morgan fingerprint density at radius 2 is 1.86 bits per heavy atom. The first-order valence-corrected chi connectivity index (χ1v) is 10.4. The number of aryl methyl sites for hydroxylation is 2. The summed E-state index contributed by atoms with van der Waals surface area (Å²) in [6.45, 7) is 3.86. The summed E-state index contributed by atoms with van der Waals surface area (Å²) < 4.78 is 1.67. The van der Waals surface area contributed by atoms with Gasteiger partial charge in [-0.2, -0.15) is 21.1 Å². The van der Waals surface area contributed by atoms with Crippen molar-refractivity contribution in [3.63, 3.8) is 0 Å². The molecule has 0 fully saturated rings. The predicted octanol–water partition coefficient (Wildman–Crippen LogP) is 4.48. The number of benzene rings is 1. The highest BCUT2D eigenvalue weighted by Crippen LogP contribution is 2.44. The Balaban J connectivity index is 1.79. The average molecular weight is 401 g/mol. The van der Waals surface area contributed by atoms with Gasteiger partial charge in [0.15, 0.2) is 0 Å². The Bertz CT molecular complexity index is 1180. The fourth-order valence-corrected chi connectivity index (χ4v) is 4.58. The minimum atomic E-state index is -0.0557. The fourth-order valence-electron chi connectivity index (χ4n) is 3.86. The minimum absolute atomic E-state index is 0.0289. The van der Waals surface area contributed by atoms with Gasteiger partial charge in [-0.3, -0.25) is 4.79 Å². The van der Waals surface area contributed by atoms with Crippen molar-refractivity contribution in [2.24, 2.45) is 0 Å². The first-order chi connectivity index (χ1) is 14.1. The molecule has 1 aliphatic rings. The van der Waals surface area contributed by atoms with Gasteiger partial charge in [-0.05, 0) is 42.3 Å². The SMILES string of the molecule is Cc1cc(C)nc(-n2nc(-c3ccccc3)c3c2NC(=O)CC3c2ccsc2)n1. The van der Waals surface area contributed by atoms with Crippen LogP contribution >= 0.6 is 11.3 Å². The number of hydrogen-bond donors (Lipinski definition) is 1. The summed E-state index contributed by atoms with van der Waals surface area (Å²) in [6, 6.07) is 14.1. The van der Waals surface area contributed by atoms with Crippen LogP contribution in [0.4, 0.5) is 5.82 Å². The molecule has 7 heteroatoms. The number of rotatable bonds is 3. The molecular formula is C22H19N5OS. The van der Waals surface area contributed by atoms with Gasteiger partial charge in [0.2, 0.25) is 5.91 Å². The lowest BCUT2D eigenvalue weighted by molar-refractivity contribution is -0.116. The number of carbonyl (C=O) groups excluding carboxylic acids is 1. The summed E-state index contributed by atoms with van der Waals surface area (Å²) in [5.41, 5.74) is 5.70. The largest absolute Gasteiger partial charge is 0.310 e. The zero-order valence-electron chi connectivity index (χ0n) is 16.1. The predicted molar refractivity (Wildman–Crippen MR) is 113 cm³/mol. The molecule has 4 aromatic rings. The van der Waals surface area contributed by atoms with E-state index >= 15 is 0 Å². The second-order valence-corrected chi connectivity index (χ2v) is 7.98. The van der Waals surface area contributed by atoms with Crippen molar-refractivity contribution in [2.45, 2.75) is 26.2 Å². The molecular weight excluding hydrogens is 382 g/mol. The summed E-state index contributed by atoms with van der Waals surface area (Å²) in [7, 11) is 0. The lowest BCUT2D eigenvalue weighted by Crippen LogP contribution is -2.25. The van der Waals surface area contributed by atoms with Crippen LogP contribution in [0.15, 0.2) is 53.2 Å². The van der Waals surface area contributed by atoms with Crippen LogP contribution in [0.2, 0.25) is 0 Å². The maximum absolute atomic E-state index is 12.6. The fraction of sp³-hybridized carbons (Fsp3) is 0.182. The number of aromatic nitrogens is 4. The van der Waals surface area contributed by atoms with E-state index in [0.717, 1.165) is 33.8 Å². The van der Waals surface area contributed by atoms with E-state index < -0.39 is 0 Å². The van der Waals surface area contributed by atoms with Crippen LogP contribution in [0.3, 0.4) is 0 Å². The van der Waals surface area contributed by atoms with Crippen LogP contribution in [0.5, 0.6) is 0 Å². The Morgan fingerprint density at radius 1 is 1.10 bits per heavy atom. The quantitative estimate of drug-likeness (QED) is 0.549. The molecule has 0 bridgehead atoms. The number of amides is 1. The van der Waals surface area contributed by atoms with Crippen LogP contribution in [-0.2, 0) is 4.79 Å². The zero-order chi connectivity index (χ0) is 20.0. The van der Waals surface area contributed by atoms with Gasteiger partial charge in [-0.1, -0.05) is 30.3 Å². The van der Waals surface area contributed by atoms with Crippen LogP contribution in [0.25, 0.3) is 17.2 Å². The molecule has 1 amide bonds. The first kappa shape index (κ1) is 17.8. The second-order valence-electron chi connectivity index (χ2n) is 7.20. The second kappa shape index (κ2) is 6.93. The van der Waals surface area contributed by atoms with Crippen LogP contribution in [0.1, 0.15) is 34.9 Å². The number of nitrogens with one attached hydrogen (secondary N) is 1. The Kier molecular flexibility index (Phi) is 4.24. The average Bonchev–Trinajstić information content (AvgIpc) is 3.35. The van der Waals surface area contributed by atoms with E-state index in [0.29, 0.717) is 18.2 Å². The smallest absolute Gasteiger partial charge is 0.252 e. The molecule has 0 radical (unpaired) electrons. The van der Waals surface area contributed by atoms with Gasteiger partial charge < -0.3 is 5.32 Å². The molecule has 1 unspecified atom stereocenters. The van der Waals surface area contributed by atoms with E-state index in [9.17, 15) is 4.79 Å². The van der Waals surface area contributed by atoms with E-state index in [4.69, 9.17) is 5.10 Å². The molecule has 0 saturated heterocycles. The number of nitrogens with zero attached hydrogens (tertiary/aromatic N) is 4. The summed E-state index contributed by atoms with van der Waals surface area (Å²) in [5, 5.41) is 12.1. The molecule has 29 heavy (non-hydrogen) atoms. The summed E-state index contributed by atoms with van der Waals surface area (Å²) in [5.74, 6) is 1.03. The van der Waals surface area contributed by atoms with Gasteiger partial charge in [0.25, 0.3) is 5.95 Å². The highest BCUT2D eigenvalue weighted by molar-refractivity contribution is 7.08. The summed E-state index contributed by atoms with van der Waals surface area (Å²) >= 11 is 1.63. The highest BCUT2D eigenvalue weighted by atomic mass is 32.1. The minimum Gasteiger partial charge on any atom is -0.310 e. The molecule has 144 valence electrons. The van der Waals surface area contributed by atoms with Gasteiger partial charge in [0.05, 0.1) is 5.69 Å². The van der Waals surface area contributed by atoms with Crippen LogP contribution < -0.4 is 5.32 Å². The van der Waals surface area contributed by atoms with Crippen molar-refractivity contribution in [1.82, 2.24) is 19.7 Å². The third-order valence-corrected chi connectivity index (χ3v) is 5.77. The van der Waals surface area contributed by atoms with Crippen LogP contribution in [0, 0.1) is 13.8 Å². The van der Waals surface area contributed by atoms with Gasteiger partial charge >= 0.3 is 0 Å². The van der Waals surface area contributed by atoms with Crippen molar-refractivity contribution in [3.8, 4) is 17.2 Å². The Labute approximate surface area is 172 Å². The normalized spacial score (nSPS) is 15.8. The molecule has 4 heterocycles. The van der Waals surface area contributed by atoms with Crippen molar-refractivity contribution in [3.05, 3.63) is 75.7 Å². The van der Waals surface area contributed by atoms with E-state index in [1.54, 1.807) is 16.0 Å². The molecule has 3 aromatic heterocycles. The van der Waals surface area contributed by atoms with E-state index in [2.05, 4.69) is 26.7 Å². The molecule has 6 nitrogen and oxygen atoms in total. The maximum atomic E-state index is 12.6. The Morgan fingerprint density at radius 3 is 2.55 bits per heavy atom. The Hall–Kier alpha value is -3.32. The molecule has 1 N–H and O–H groups in total. The lowest BCUT2D eigenvalue weighted by atomic mass is 9.86. The lowest BCUT2D eigenvalue weighted by Gasteiger charge is -2.23. The molecule has 0 spiro atoms. The topological polar surface area (TPSA) is 72.7 Å². The molecule has 1 atom stereocenters. The first-order valence-electron chi connectivity index (χ1n) is 9.43. The maximum Gasteiger partial charge on any atom is 0.252 e. The number of hydrogen-bond acceptors (Lipinski definition) is 5. The van der Waals surface area contributed by atoms with E-state index in [1.807, 2.05) is 55.6 Å². The summed E-state index contributed by atoms with van der Waals surface area (Å²) in [4.78, 5) is 21.7. The van der Waals surface area contributed by atoms with Gasteiger partial charge in [-0.15, -0.1) is 0 Å². The molecule has 0 aliphatic carbocycles. The van der Waals surface area contributed by atoms with Crippen molar-refractivity contribution in [2.75, 3.05) is 5.32 Å². The van der Waals surface area contributed by atoms with Gasteiger partial charge in [-0.25, -0.2) is 9.97 Å². The molecule has 1 aliphatic heterocycles. The van der Waals surface area contributed by atoms with Crippen LogP contribution in [-0.4, -0.2) is 25.7 Å². The van der Waals surface area contributed by atoms with Gasteiger partial charge in [0.1, 0.15) is 5.82 Å². The van der Waals surface area contributed by atoms with Crippen molar-refractivity contribution < 1.29 is 4.79 Å². The highest BCUT2D eigenvalue weighted by Gasteiger charge is 2.35. The standard InChI is InChI=1S/C22H19N5OS/c1-13-10-14(2)24-22(23-13)27-21-19(20(26-27)15-6-4-3-5-7-15)17(11-18(28)25-21)16-8-9-29-12-16/h3-10,12,17H,11H2,1-2H3,(H,25,28). The molecule has 1 aromatic carbocycles. The number of anilines is 1. The molecule has 0 saturated carbocycles. The molecule has 5 rings (SSSR count). The van der Waals surface area contributed by atoms with E-state index in [1.165, 1.54) is 0 Å². The van der Waals surface area contributed by atoms with Crippen molar-refractivity contribution in [1.29, 1.82) is 0 Å². The van der Waals surface area contributed by atoms with Crippen molar-refractivity contribution >= 4 is 23.1 Å². The zero-order valence-corrected chi connectivity index (χ0v) is 16.9. The summed E-state index contributed by atoms with van der Waals surface area (Å²) in [6.07, 6.45) is 0.392.